The number of amides is 2. The number of anilines is 1. The molecule has 190 valence electrons. The highest BCUT2D eigenvalue weighted by Gasteiger charge is 2.33. The van der Waals surface area contributed by atoms with Crippen LogP contribution in [0.1, 0.15) is 23.6 Å². The topological polar surface area (TPSA) is 86.8 Å². The summed E-state index contributed by atoms with van der Waals surface area (Å²) in [5.41, 5.74) is 2.75. The number of nitrogens with zero attached hydrogens (tertiary/aromatic N) is 2. The molecule has 3 aromatic rings. The molecular formula is C27H30ClN3O4S. The van der Waals surface area contributed by atoms with E-state index in [0.29, 0.717) is 16.3 Å². The lowest BCUT2D eigenvalue weighted by atomic mass is 10.1. The number of carbonyl (C=O) groups is 2. The summed E-state index contributed by atoms with van der Waals surface area (Å²) < 4.78 is 28.6. The van der Waals surface area contributed by atoms with Crippen molar-refractivity contribution in [2.45, 2.75) is 38.3 Å². The summed E-state index contributed by atoms with van der Waals surface area (Å²) in [5.74, 6) is -0.874. The molecule has 9 heteroatoms. The number of sulfonamides is 1. The minimum atomic E-state index is -4.13. The van der Waals surface area contributed by atoms with Gasteiger partial charge in [0.05, 0.1) is 10.6 Å². The third-order valence-electron chi connectivity index (χ3n) is 6.07. The van der Waals surface area contributed by atoms with E-state index >= 15 is 0 Å². The van der Waals surface area contributed by atoms with Crippen LogP contribution in [-0.4, -0.2) is 44.8 Å². The Balaban J connectivity index is 2.08. The number of hydrogen-bond donors (Lipinski definition) is 1. The summed E-state index contributed by atoms with van der Waals surface area (Å²) in [5, 5.41) is 2.92. The summed E-state index contributed by atoms with van der Waals surface area (Å²) >= 11 is 6.22. The highest BCUT2D eigenvalue weighted by atomic mass is 35.5. The molecule has 0 saturated heterocycles. The van der Waals surface area contributed by atoms with Gasteiger partial charge in [0, 0.05) is 18.6 Å². The lowest BCUT2D eigenvalue weighted by molar-refractivity contribution is -0.139. The summed E-state index contributed by atoms with van der Waals surface area (Å²) in [4.78, 5) is 27.8. The second-order valence-corrected chi connectivity index (χ2v) is 10.8. The van der Waals surface area contributed by atoms with Crippen LogP contribution in [0.5, 0.6) is 0 Å². The van der Waals surface area contributed by atoms with Crippen molar-refractivity contribution in [3.05, 3.63) is 94.5 Å². The van der Waals surface area contributed by atoms with Gasteiger partial charge >= 0.3 is 0 Å². The number of aryl methyl sites for hydroxylation is 2. The molecule has 0 heterocycles. The Labute approximate surface area is 217 Å². The van der Waals surface area contributed by atoms with Gasteiger partial charge in [-0.3, -0.25) is 13.9 Å². The third kappa shape index (κ3) is 6.06. The monoisotopic (exact) mass is 527 g/mol. The summed E-state index contributed by atoms with van der Waals surface area (Å²) in [6, 6.07) is 19.5. The second kappa shape index (κ2) is 11.6. The molecule has 2 amide bonds. The van der Waals surface area contributed by atoms with Crippen LogP contribution in [-0.2, 0) is 26.2 Å². The minimum Gasteiger partial charge on any atom is -0.357 e. The number of benzene rings is 3. The Morgan fingerprint density at radius 3 is 2.22 bits per heavy atom. The zero-order valence-corrected chi connectivity index (χ0v) is 22.3. The Kier molecular flexibility index (Phi) is 8.76. The van der Waals surface area contributed by atoms with Crippen LogP contribution in [0.2, 0.25) is 5.02 Å². The van der Waals surface area contributed by atoms with E-state index in [0.717, 1.165) is 15.4 Å². The smallest absolute Gasteiger partial charge is 0.264 e. The largest absolute Gasteiger partial charge is 0.357 e. The molecular weight excluding hydrogens is 498 g/mol. The fourth-order valence-electron chi connectivity index (χ4n) is 3.85. The molecule has 3 aromatic carbocycles. The molecule has 0 spiro atoms. The number of rotatable bonds is 9. The van der Waals surface area contributed by atoms with Gasteiger partial charge in [0.15, 0.2) is 0 Å². The van der Waals surface area contributed by atoms with E-state index in [1.807, 2.05) is 31.2 Å². The van der Waals surface area contributed by atoms with Gasteiger partial charge < -0.3 is 10.2 Å². The SMILES string of the molecule is CNC(=O)[C@H](C)N(Cc1ccccc1C)C(=O)CN(c1cc(Cl)ccc1C)S(=O)(=O)c1ccccc1. The highest BCUT2D eigenvalue weighted by Crippen LogP contribution is 2.30. The molecule has 1 N–H and O–H groups in total. The first-order valence-corrected chi connectivity index (χ1v) is 13.3. The summed E-state index contributed by atoms with van der Waals surface area (Å²) in [6.45, 7) is 4.93. The maximum Gasteiger partial charge on any atom is 0.264 e. The van der Waals surface area contributed by atoms with Gasteiger partial charge in [0.25, 0.3) is 10.0 Å². The Morgan fingerprint density at radius 2 is 1.58 bits per heavy atom. The fourth-order valence-corrected chi connectivity index (χ4v) is 5.50. The predicted octanol–water partition coefficient (Wildman–Crippen LogP) is 4.32. The van der Waals surface area contributed by atoms with E-state index in [-0.39, 0.29) is 17.3 Å². The average Bonchev–Trinajstić information content (AvgIpc) is 2.87. The molecule has 7 nitrogen and oxygen atoms in total. The Hall–Kier alpha value is -3.36. The number of hydrogen-bond acceptors (Lipinski definition) is 4. The van der Waals surface area contributed by atoms with Crippen LogP contribution < -0.4 is 9.62 Å². The summed E-state index contributed by atoms with van der Waals surface area (Å²) in [7, 11) is -2.63. The predicted molar refractivity (Wildman–Crippen MR) is 142 cm³/mol. The van der Waals surface area contributed by atoms with Crippen LogP contribution in [0.15, 0.2) is 77.7 Å². The zero-order valence-electron chi connectivity index (χ0n) is 20.7. The lowest BCUT2D eigenvalue weighted by Gasteiger charge is -2.32. The van der Waals surface area contributed by atoms with Gasteiger partial charge in [0.2, 0.25) is 11.8 Å². The van der Waals surface area contributed by atoms with Crippen LogP contribution in [0, 0.1) is 13.8 Å². The highest BCUT2D eigenvalue weighted by molar-refractivity contribution is 7.92. The summed E-state index contributed by atoms with van der Waals surface area (Å²) in [6.07, 6.45) is 0. The van der Waals surface area contributed by atoms with Gasteiger partial charge in [-0.25, -0.2) is 8.42 Å². The van der Waals surface area contributed by atoms with E-state index in [2.05, 4.69) is 5.32 Å². The van der Waals surface area contributed by atoms with Gasteiger partial charge in [0.1, 0.15) is 12.6 Å². The van der Waals surface area contributed by atoms with Crippen molar-refractivity contribution < 1.29 is 18.0 Å². The first kappa shape index (κ1) is 27.2. The quantitative estimate of drug-likeness (QED) is 0.449. The number of nitrogens with one attached hydrogen (secondary N) is 1. The van der Waals surface area contributed by atoms with Gasteiger partial charge in [-0.15, -0.1) is 0 Å². The van der Waals surface area contributed by atoms with Crippen molar-refractivity contribution in [3.8, 4) is 0 Å². The average molecular weight is 528 g/mol. The van der Waals surface area contributed by atoms with Crippen molar-refractivity contribution in [1.29, 1.82) is 0 Å². The van der Waals surface area contributed by atoms with Gasteiger partial charge in [-0.1, -0.05) is 60.1 Å². The van der Waals surface area contributed by atoms with Crippen molar-refractivity contribution in [1.82, 2.24) is 10.2 Å². The van der Waals surface area contributed by atoms with Crippen LogP contribution >= 0.6 is 11.6 Å². The first-order chi connectivity index (χ1) is 17.1. The molecule has 0 fully saturated rings. The lowest BCUT2D eigenvalue weighted by Crippen LogP contribution is -2.50. The normalized spacial score (nSPS) is 12.0. The Morgan fingerprint density at radius 1 is 0.944 bits per heavy atom. The van der Waals surface area contributed by atoms with Crippen molar-refractivity contribution in [2.75, 3.05) is 17.9 Å². The van der Waals surface area contributed by atoms with Crippen molar-refractivity contribution in [3.63, 3.8) is 0 Å². The van der Waals surface area contributed by atoms with Gasteiger partial charge in [-0.05, 0) is 61.7 Å². The molecule has 1 atom stereocenters. The van der Waals surface area contributed by atoms with Crippen molar-refractivity contribution in [2.24, 2.45) is 0 Å². The van der Waals surface area contributed by atoms with E-state index in [1.54, 1.807) is 44.2 Å². The third-order valence-corrected chi connectivity index (χ3v) is 8.07. The number of halogens is 1. The molecule has 0 bridgehead atoms. The van der Waals surface area contributed by atoms with E-state index in [9.17, 15) is 18.0 Å². The van der Waals surface area contributed by atoms with Crippen LogP contribution in [0.3, 0.4) is 0 Å². The number of likely N-dealkylation sites (N-methyl/N-ethyl adjacent to an activating group) is 1. The molecule has 0 saturated carbocycles. The minimum absolute atomic E-state index is 0.0435. The maximum atomic E-state index is 13.8. The molecule has 0 aromatic heterocycles. The molecule has 0 aliphatic heterocycles. The number of carbonyl (C=O) groups excluding carboxylic acids is 2. The first-order valence-electron chi connectivity index (χ1n) is 11.5. The van der Waals surface area contributed by atoms with E-state index in [1.165, 1.54) is 30.1 Å². The van der Waals surface area contributed by atoms with Crippen molar-refractivity contribution >= 4 is 39.1 Å². The molecule has 0 radical (unpaired) electrons. The van der Waals surface area contributed by atoms with E-state index in [4.69, 9.17) is 11.6 Å². The zero-order chi connectivity index (χ0) is 26.5. The van der Waals surface area contributed by atoms with E-state index < -0.39 is 28.5 Å². The second-order valence-electron chi connectivity index (χ2n) is 8.49. The molecule has 0 unspecified atom stereocenters. The molecule has 3 rings (SSSR count). The molecule has 0 aliphatic carbocycles. The standard InChI is InChI=1S/C27H30ClN3O4S/c1-19-10-8-9-11-22(19)17-30(21(3)27(33)29-4)26(32)18-31(25-16-23(28)15-14-20(25)2)36(34,35)24-12-6-5-7-13-24/h5-16,21H,17-18H2,1-4H3,(H,29,33)/t21-/m0/s1. The fraction of sp³-hybridized carbons (Fsp3) is 0.259. The molecule has 0 aliphatic rings. The van der Waals surface area contributed by atoms with Crippen LogP contribution in [0.4, 0.5) is 5.69 Å². The van der Waals surface area contributed by atoms with Crippen LogP contribution in [0.25, 0.3) is 0 Å². The maximum absolute atomic E-state index is 13.8. The Bertz CT molecular complexity index is 1350. The van der Waals surface area contributed by atoms with Gasteiger partial charge in [-0.2, -0.15) is 0 Å². The molecule has 36 heavy (non-hydrogen) atoms.